The van der Waals surface area contributed by atoms with E-state index >= 15 is 0 Å². The first kappa shape index (κ1) is 8.69. The van der Waals surface area contributed by atoms with Gasteiger partial charge in [-0.1, -0.05) is 6.92 Å². The third-order valence-electron chi connectivity index (χ3n) is 2.56. The van der Waals surface area contributed by atoms with Gasteiger partial charge in [0.05, 0.1) is 6.04 Å². The van der Waals surface area contributed by atoms with Crippen molar-refractivity contribution < 1.29 is 0 Å². The molecule has 1 aromatic rings. The fourth-order valence-corrected chi connectivity index (χ4v) is 1.87. The van der Waals surface area contributed by atoms with E-state index in [0.717, 1.165) is 43.9 Å². The summed E-state index contributed by atoms with van der Waals surface area (Å²) < 4.78 is 2.19. The van der Waals surface area contributed by atoms with Gasteiger partial charge in [-0.25, -0.2) is 0 Å². The monoisotopic (exact) mass is 180 g/mol. The van der Waals surface area contributed by atoms with Gasteiger partial charge in [0, 0.05) is 13.0 Å². The summed E-state index contributed by atoms with van der Waals surface area (Å²) in [5.41, 5.74) is 5.93. The Morgan fingerprint density at radius 2 is 2.38 bits per heavy atom. The molecule has 72 valence electrons. The van der Waals surface area contributed by atoms with E-state index in [1.807, 2.05) is 0 Å². The van der Waals surface area contributed by atoms with E-state index in [1.54, 1.807) is 0 Å². The molecule has 2 rings (SSSR count). The van der Waals surface area contributed by atoms with E-state index in [0.29, 0.717) is 0 Å². The van der Waals surface area contributed by atoms with Gasteiger partial charge in [-0.3, -0.25) is 0 Å². The maximum atomic E-state index is 5.93. The van der Waals surface area contributed by atoms with Crippen LogP contribution in [0.4, 0.5) is 0 Å². The third kappa shape index (κ3) is 1.46. The molecule has 0 fully saturated rings. The molecule has 1 aliphatic heterocycles. The van der Waals surface area contributed by atoms with Gasteiger partial charge in [0.2, 0.25) is 0 Å². The first-order chi connectivity index (χ1) is 6.33. The van der Waals surface area contributed by atoms with Crippen LogP contribution in [0.3, 0.4) is 0 Å². The van der Waals surface area contributed by atoms with E-state index in [1.165, 1.54) is 0 Å². The molecule has 0 amide bonds. The highest BCUT2D eigenvalue weighted by molar-refractivity contribution is 5.03. The van der Waals surface area contributed by atoms with Crippen LogP contribution < -0.4 is 5.73 Å². The van der Waals surface area contributed by atoms with Crippen LogP contribution in [-0.2, 0) is 13.0 Å². The molecule has 0 aromatic carbocycles. The van der Waals surface area contributed by atoms with Crippen LogP contribution >= 0.6 is 0 Å². The Balaban J connectivity index is 2.30. The van der Waals surface area contributed by atoms with Gasteiger partial charge in [0.1, 0.15) is 11.6 Å². The third-order valence-corrected chi connectivity index (χ3v) is 2.56. The van der Waals surface area contributed by atoms with Crippen molar-refractivity contribution >= 4 is 0 Å². The molecule has 0 aliphatic carbocycles. The fraction of sp³-hybridized carbons (Fsp3) is 0.778. The van der Waals surface area contributed by atoms with Crippen LogP contribution in [0.15, 0.2) is 0 Å². The Morgan fingerprint density at radius 1 is 1.54 bits per heavy atom. The van der Waals surface area contributed by atoms with Crippen molar-refractivity contribution in [2.75, 3.05) is 0 Å². The second kappa shape index (κ2) is 3.46. The SMILES string of the molecule is CCCc1nnc2n1CCCC2N. The Kier molecular flexibility index (Phi) is 2.31. The van der Waals surface area contributed by atoms with Gasteiger partial charge in [-0.05, 0) is 19.3 Å². The molecular weight excluding hydrogens is 164 g/mol. The molecule has 2 heterocycles. The molecule has 1 aliphatic rings. The number of fused-ring (bicyclic) bond motifs is 1. The van der Waals surface area contributed by atoms with Crippen LogP contribution in [-0.4, -0.2) is 14.8 Å². The summed E-state index contributed by atoms with van der Waals surface area (Å²) >= 11 is 0. The normalized spacial score (nSPS) is 21.5. The maximum Gasteiger partial charge on any atom is 0.149 e. The molecule has 0 radical (unpaired) electrons. The predicted octanol–water partition coefficient (Wildman–Crippen LogP) is 1.02. The molecule has 0 spiro atoms. The fourth-order valence-electron chi connectivity index (χ4n) is 1.87. The highest BCUT2D eigenvalue weighted by atomic mass is 15.3. The van der Waals surface area contributed by atoms with Gasteiger partial charge >= 0.3 is 0 Å². The number of aromatic nitrogens is 3. The lowest BCUT2D eigenvalue weighted by molar-refractivity contribution is 0.442. The number of hydrogen-bond acceptors (Lipinski definition) is 3. The average Bonchev–Trinajstić information content (AvgIpc) is 2.51. The van der Waals surface area contributed by atoms with Crippen molar-refractivity contribution in [2.45, 2.75) is 45.2 Å². The molecule has 0 bridgehead atoms. The van der Waals surface area contributed by atoms with E-state index in [9.17, 15) is 0 Å². The second-order valence-corrected chi connectivity index (χ2v) is 3.62. The molecule has 1 unspecified atom stereocenters. The van der Waals surface area contributed by atoms with Crippen molar-refractivity contribution in [3.63, 3.8) is 0 Å². The van der Waals surface area contributed by atoms with Crippen LogP contribution in [0.1, 0.15) is 43.9 Å². The first-order valence-electron chi connectivity index (χ1n) is 5.00. The molecule has 4 nitrogen and oxygen atoms in total. The number of aryl methyl sites for hydroxylation is 1. The maximum absolute atomic E-state index is 5.93. The Hall–Kier alpha value is -0.900. The van der Waals surface area contributed by atoms with Crippen molar-refractivity contribution in [1.29, 1.82) is 0 Å². The minimum atomic E-state index is 0.104. The highest BCUT2D eigenvalue weighted by Crippen LogP contribution is 2.22. The summed E-state index contributed by atoms with van der Waals surface area (Å²) in [6.07, 6.45) is 4.33. The van der Waals surface area contributed by atoms with Gasteiger partial charge in [0.25, 0.3) is 0 Å². The van der Waals surface area contributed by atoms with Crippen molar-refractivity contribution in [1.82, 2.24) is 14.8 Å². The van der Waals surface area contributed by atoms with E-state index in [-0.39, 0.29) is 6.04 Å². The molecule has 1 atom stereocenters. The summed E-state index contributed by atoms with van der Waals surface area (Å²) in [5, 5.41) is 8.32. The molecule has 2 N–H and O–H groups in total. The second-order valence-electron chi connectivity index (χ2n) is 3.62. The number of hydrogen-bond donors (Lipinski definition) is 1. The standard InChI is InChI=1S/C9H16N4/c1-2-4-8-11-12-9-7(10)5-3-6-13(8)9/h7H,2-6,10H2,1H3. The summed E-state index contributed by atoms with van der Waals surface area (Å²) in [5.74, 6) is 2.09. The van der Waals surface area contributed by atoms with Crippen LogP contribution in [0.25, 0.3) is 0 Å². The van der Waals surface area contributed by atoms with Crippen LogP contribution in [0.5, 0.6) is 0 Å². The van der Waals surface area contributed by atoms with Crippen LogP contribution in [0.2, 0.25) is 0 Å². The lowest BCUT2D eigenvalue weighted by Crippen LogP contribution is -2.23. The van der Waals surface area contributed by atoms with Gasteiger partial charge in [0.15, 0.2) is 0 Å². The highest BCUT2D eigenvalue weighted by Gasteiger charge is 2.21. The zero-order valence-electron chi connectivity index (χ0n) is 8.03. The Bertz CT molecular complexity index is 292. The minimum Gasteiger partial charge on any atom is -0.321 e. The Labute approximate surface area is 78.1 Å². The lowest BCUT2D eigenvalue weighted by Gasteiger charge is -2.19. The summed E-state index contributed by atoms with van der Waals surface area (Å²) in [6.45, 7) is 3.20. The summed E-state index contributed by atoms with van der Waals surface area (Å²) in [4.78, 5) is 0. The zero-order chi connectivity index (χ0) is 9.26. The first-order valence-corrected chi connectivity index (χ1v) is 5.00. The van der Waals surface area contributed by atoms with E-state index in [2.05, 4.69) is 21.7 Å². The van der Waals surface area contributed by atoms with Gasteiger partial charge < -0.3 is 10.3 Å². The largest absolute Gasteiger partial charge is 0.321 e. The lowest BCUT2D eigenvalue weighted by atomic mass is 10.1. The molecule has 13 heavy (non-hydrogen) atoms. The Morgan fingerprint density at radius 3 is 3.15 bits per heavy atom. The topological polar surface area (TPSA) is 56.7 Å². The minimum absolute atomic E-state index is 0.104. The summed E-state index contributed by atoms with van der Waals surface area (Å²) in [6, 6.07) is 0.104. The molecule has 0 saturated carbocycles. The quantitative estimate of drug-likeness (QED) is 0.739. The molecular formula is C9H16N4. The van der Waals surface area contributed by atoms with Crippen molar-refractivity contribution in [3.8, 4) is 0 Å². The molecule has 0 saturated heterocycles. The van der Waals surface area contributed by atoms with Crippen molar-refractivity contribution in [3.05, 3.63) is 11.6 Å². The molecule has 4 heteroatoms. The zero-order valence-corrected chi connectivity index (χ0v) is 8.03. The van der Waals surface area contributed by atoms with Crippen LogP contribution in [0, 0.1) is 0 Å². The van der Waals surface area contributed by atoms with E-state index < -0.39 is 0 Å². The average molecular weight is 180 g/mol. The molecule has 1 aromatic heterocycles. The number of nitrogens with zero attached hydrogens (tertiary/aromatic N) is 3. The van der Waals surface area contributed by atoms with Crippen molar-refractivity contribution in [2.24, 2.45) is 5.73 Å². The smallest absolute Gasteiger partial charge is 0.149 e. The summed E-state index contributed by atoms with van der Waals surface area (Å²) in [7, 11) is 0. The number of nitrogens with two attached hydrogens (primary N) is 1. The predicted molar refractivity (Wildman–Crippen MR) is 50.2 cm³/mol. The van der Waals surface area contributed by atoms with Gasteiger partial charge in [-0.2, -0.15) is 0 Å². The van der Waals surface area contributed by atoms with E-state index in [4.69, 9.17) is 5.73 Å². The van der Waals surface area contributed by atoms with Gasteiger partial charge in [-0.15, -0.1) is 10.2 Å². The number of rotatable bonds is 2.